The van der Waals surface area contributed by atoms with Gasteiger partial charge in [-0.15, -0.1) is 0 Å². The smallest absolute Gasteiger partial charge is 0.251 e. The summed E-state index contributed by atoms with van der Waals surface area (Å²) in [7, 11) is 0. The summed E-state index contributed by atoms with van der Waals surface area (Å²) in [5.74, 6) is -0.310. The molecular formula is C16H20FN3O. The Morgan fingerprint density at radius 3 is 2.71 bits per heavy atom. The summed E-state index contributed by atoms with van der Waals surface area (Å²) in [5.41, 5.74) is 1.33. The van der Waals surface area contributed by atoms with Gasteiger partial charge < -0.3 is 10.3 Å². The maximum absolute atomic E-state index is 14.8. The largest absolute Gasteiger partial charge is 0.319 e. The highest BCUT2D eigenvalue weighted by Gasteiger charge is 2.22. The van der Waals surface area contributed by atoms with Crippen LogP contribution in [0.25, 0.3) is 10.9 Å². The van der Waals surface area contributed by atoms with Crippen molar-refractivity contribution in [3.05, 3.63) is 45.5 Å². The van der Waals surface area contributed by atoms with E-state index in [1.807, 2.05) is 19.1 Å². The Hall–Kier alpha value is -1.72. The molecule has 2 heterocycles. The molecule has 1 saturated heterocycles. The first kappa shape index (κ1) is 14.2. The predicted octanol–water partition coefficient (Wildman–Crippen LogP) is 1.94. The Bertz CT molecular complexity index is 719. The van der Waals surface area contributed by atoms with Gasteiger partial charge in [0.15, 0.2) is 5.82 Å². The van der Waals surface area contributed by atoms with Gasteiger partial charge in [0, 0.05) is 48.7 Å². The van der Waals surface area contributed by atoms with E-state index < -0.39 is 0 Å². The fourth-order valence-electron chi connectivity index (χ4n) is 2.95. The van der Waals surface area contributed by atoms with Crippen molar-refractivity contribution in [2.24, 2.45) is 0 Å². The molecule has 0 spiro atoms. The van der Waals surface area contributed by atoms with Gasteiger partial charge in [-0.1, -0.05) is 12.1 Å². The van der Waals surface area contributed by atoms with E-state index in [4.69, 9.17) is 0 Å². The Balaban J connectivity index is 2.04. The maximum atomic E-state index is 14.8. The molecule has 1 atom stereocenters. The fraction of sp³-hybridized carbons (Fsp3) is 0.438. The number of nitrogens with zero attached hydrogens (tertiary/aromatic N) is 1. The average Bonchev–Trinajstić information content (AvgIpc) is 2.50. The number of H-pyrrole nitrogens is 1. The number of aromatic amines is 1. The van der Waals surface area contributed by atoms with Crippen molar-refractivity contribution in [1.82, 2.24) is 15.2 Å². The van der Waals surface area contributed by atoms with Crippen LogP contribution in [0.1, 0.15) is 24.1 Å². The predicted molar refractivity (Wildman–Crippen MR) is 82.1 cm³/mol. The molecule has 112 valence electrons. The van der Waals surface area contributed by atoms with E-state index >= 15 is 0 Å². The standard InChI is InChI=1S/C16H20FN3O/c1-10-9-12-3-4-13(14(17)15(12)19-16(10)21)11(2)20-7-5-18-6-8-20/h3-4,9,11,18H,5-8H2,1-2H3,(H,19,21). The second-order valence-corrected chi connectivity index (χ2v) is 5.68. The van der Waals surface area contributed by atoms with Gasteiger partial charge in [0.05, 0.1) is 5.52 Å². The number of pyridine rings is 1. The van der Waals surface area contributed by atoms with E-state index in [2.05, 4.69) is 15.2 Å². The highest BCUT2D eigenvalue weighted by atomic mass is 19.1. The number of benzene rings is 1. The third-order valence-corrected chi connectivity index (χ3v) is 4.32. The Kier molecular flexibility index (Phi) is 3.78. The van der Waals surface area contributed by atoms with Gasteiger partial charge in [-0.2, -0.15) is 0 Å². The Morgan fingerprint density at radius 1 is 1.29 bits per heavy atom. The molecule has 2 aromatic rings. The van der Waals surface area contributed by atoms with E-state index in [-0.39, 0.29) is 17.4 Å². The average molecular weight is 289 g/mol. The van der Waals surface area contributed by atoms with E-state index in [1.54, 1.807) is 13.0 Å². The molecule has 1 aliphatic heterocycles. The molecule has 0 amide bonds. The number of rotatable bonds is 2. The first-order valence-corrected chi connectivity index (χ1v) is 7.34. The number of aryl methyl sites for hydroxylation is 1. The van der Waals surface area contributed by atoms with Gasteiger partial charge in [-0.3, -0.25) is 9.69 Å². The van der Waals surface area contributed by atoms with Crippen molar-refractivity contribution < 1.29 is 4.39 Å². The van der Waals surface area contributed by atoms with E-state index in [9.17, 15) is 9.18 Å². The van der Waals surface area contributed by atoms with Crippen LogP contribution in [0.5, 0.6) is 0 Å². The highest BCUT2D eigenvalue weighted by molar-refractivity contribution is 5.80. The van der Waals surface area contributed by atoms with Gasteiger partial charge in [-0.25, -0.2) is 4.39 Å². The van der Waals surface area contributed by atoms with Crippen LogP contribution >= 0.6 is 0 Å². The van der Waals surface area contributed by atoms with Crippen LogP contribution < -0.4 is 10.9 Å². The molecule has 1 fully saturated rings. The number of hydrogen-bond donors (Lipinski definition) is 2. The van der Waals surface area contributed by atoms with E-state index in [1.165, 1.54) is 0 Å². The minimum atomic E-state index is -0.310. The van der Waals surface area contributed by atoms with Crippen LogP contribution in [-0.2, 0) is 0 Å². The molecule has 0 radical (unpaired) electrons. The van der Waals surface area contributed by atoms with Gasteiger partial charge in [0.1, 0.15) is 0 Å². The van der Waals surface area contributed by atoms with Crippen molar-refractivity contribution in [2.45, 2.75) is 19.9 Å². The number of nitrogens with one attached hydrogen (secondary N) is 2. The maximum Gasteiger partial charge on any atom is 0.251 e. The molecule has 1 aromatic heterocycles. The summed E-state index contributed by atoms with van der Waals surface area (Å²) in [5, 5.41) is 4.03. The molecule has 21 heavy (non-hydrogen) atoms. The van der Waals surface area contributed by atoms with Crippen molar-refractivity contribution >= 4 is 10.9 Å². The third kappa shape index (κ3) is 2.59. The number of fused-ring (bicyclic) bond motifs is 1. The van der Waals surface area contributed by atoms with Gasteiger partial charge in [0.2, 0.25) is 0 Å². The third-order valence-electron chi connectivity index (χ3n) is 4.32. The molecule has 1 aromatic carbocycles. The normalized spacial score (nSPS) is 18.0. The second-order valence-electron chi connectivity index (χ2n) is 5.68. The van der Waals surface area contributed by atoms with Crippen LogP contribution in [-0.4, -0.2) is 36.1 Å². The number of piperazine rings is 1. The molecule has 1 aliphatic rings. The minimum absolute atomic E-state index is 0.00121. The molecule has 2 N–H and O–H groups in total. The van der Waals surface area contributed by atoms with Crippen LogP contribution in [0.3, 0.4) is 0 Å². The summed E-state index contributed by atoms with van der Waals surface area (Å²) in [6.07, 6.45) is 0. The van der Waals surface area contributed by atoms with E-state index in [0.717, 1.165) is 31.6 Å². The molecule has 3 rings (SSSR count). The summed E-state index contributed by atoms with van der Waals surface area (Å²) in [4.78, 5) is 16.6. The highest BCUT2D eigenvalue weighted by Crippen LogP contribution is 2.27. The zero-order valence-corrected chi connectivity index (χ0v) is 12.4. The molecule has 1 unspecified atom stereocenters. The van der Waals surface area contributed by atoms with Crippen molar-refractivity contribution in [2.75, 3.05) is 26.2 Å². The van der Waals surface area contributed by atoms with Crippen LogP contribution in [0.15, 0.2) is 23.0 Å². The first-order chi connectivity index (χ1) is 10.1. The van der Waals surface area contributed by atoms with E-state index in [0.29, 0.717) is 16.6 Å². The Morgan fingerprint density at radius 2 is 2.00 bits per heavy atom. The van der Waals surface area contributed by atoms with Crippen molar-refractivity contribution in [3.63, 3.8) is 0 Å². The van der Waals surface area contributed by atoms with Gasteiger partial charge >= 0.3 is 0 Å². The zero-order valence-electron chi connectivity index (χ0n) is 12.4. The lowest BCUT2D eigenvalue weighted by molar-refractivity contribution is 0.182. The number of halogens is 1. The molecule has 0 saturated carbocycles. The summed E-state index contributed by atoms with van der Waals surface area (Å²) in [6, 6.07) is 5.45. The van der Waals surface area contributed by atoms with Crippen molar-refractivity contribution in [1.29, 1.82) is 0 Å². The van der Waals surface area contributed by atoms with Crippen LogP contribution in [0.4, 0.5) is 4.39 Å². The molecule has 5 heteroatoms. The monoisotopic (exact) mass is 289 g/mol. The lowest BCUT2D eigenvalue weighted by Crippen LogP contribution is -2.44. The lowest BCUT2D eigenvalue weighted by atomic mass is 10.0. The summed E-state index contributed by atoms with van der Waals surface area (Å²) in [6.45, 7) is 7.41. The number of aromatic nitrogens is 1. The zero-order chi connectivity index (χ0) is 15.0. The molecular weight excluding hydrogens is 269 g/mol. The topological polar surface area (TPSA) is 48.1 Å². The second kappa shape index (κ2) is 5.58. The summed E-state index contributed by atoms with van der Waals surface area (Å²) < 4.78 is 14.8. The minimum Gasteiger partial charge on any atom is -0.319 e. The quantitative estimate of drug-likeness (QED) is 0.888. The number of hydrogen-bond acceptors (Lipinski definition) is 3. The molecule has 0 aliphatic carbocycles. The fourth-order valence-corrected chi connectivity index (χ4v) is 2.95. The summed E-state index contributed by atoms with van der Waals surface area (Å²) >= 11 is 0. The SMILES string of the molecule is Cc1cc2ccc(C(C)N3CCNCC3)c(F)c2[nH]c1=O. The first-order valence-electron chi connectivity index (χ1n) is 7.34. The van der Waals surface area contributed by atoms with Gasteiger partial charge in [-0.05, 0) is 19.9 Å². The van der Waals surface area contributed by atoms with Crippen LogP contribution in [0.2, 0.25) is 0 Å². The molecule has 0 bridgehead atoms. The molecule has 4 nitrogen and oxygen atoms in total. The van der Waals surface area contributed by atoms with Crippen LogP contribution in [0, 0.1) is 12.7 Å². The Labute approximate surface area is 123 Å². The lowest BCUT2D eigenvalue weighted by Gasteiger charge is -2.33. The van der Waals surface area contributed by atoms with Gasteiger partial charge in [0.25, 0.3) is 5.56 Å². The van der Waals surface area contributed by atoms with Crippen molar-refractivity contribution in [3.8, 4) is 0 Å².